The molecule has 3 aromatic rings. The molecule has 0 saturated carbocycles. The minimum Gasteiger partial charge on any atom is -0.504 e. The number of aliphatic carboxylic acids is 1. The molecule has 27 heavy (non-hydrogen) atoms. The Hall–Kier alpha value is -3.81. The monoisotopic (exact) mass is 370 g/mol. The van der Waals surface area contributed by atoms with E-state index < -0.39 is 29.5 Å². The van der Waals surface area contributed by atoms with Gasteiger partial charge in [0.15, 0.2) is 16.9 Å². The molecule has 8 heteroatoms. The zero-order valence-electron chi connectivity index (χ0n) is 14.1. The molecule has 0 aliphatic carbocycles. The SMILES string of the molecule is CC(=O)Oc1cc(CC(=O)O)c2c(=O)cc(-c3ccc(O)c(O)c3)oc2c1. The van der Waals surface area contributed by atoms with Crippen molar-refractivity contribution in [1.82, 2.24) is 0 Å². The van der Waals surface area contributed by atoms with E-state index >= 15 is 0 Å². The lowest BCUT2D eigenvalue weighted by atomic mass is 10.0. The number of carboxylic acids is 1. The number of aromatic hydroxyl groups is 2. The van der Waals surface area contributed by atoms with Gasteiger partial charge in [-0.25, -0.2) is 0 Å². The number of fused-ring (bicyclic) bond motifs is 1. The molecule has 0 bridgehead atoms. The number of benzene rings is 2. The topological polar surface area (TPSA) is 134 Å². The van der Waals surface area contributed by atoms with Gasteiger partial charge in [-0.05, 0) is 29.8 Å². The molecular formula is C19H14O8. The Morgan fingerprint density at radius 2 is 1.81 bits per heavy atom. The third-order valence-electron chi connectivity index (χ3n) is 3.75. The molecule has 3 rings (SSSR count). The first-order valence-corrected chi connectivity index (χ1v) is 7.78. The number of ether oxygens (including phenoxy) is 1. The van der Waals surface area contributed by atoms with Crippen LogP contribution in [0.15, 0.2) is 45.6 Å². The maximum Gasteiger partial charge on any atom is 0.308 e. The van der Waals surface area contributed by atoms with Crippen LogP contribution in [0.1, 0.15) is 12.5 Å². The van der Waals surface area contributed by atoms with Crippen LogP contribution >= 0.6 is 0 Å². The van der Waals surface area contributed by atoms with Gasteiger partial charge in [0.1, 0.15) is 17.1 Å². The number of carboxylic acid groups (broad SMARTS) is 1. The van der Waals surface area contributed by atoms with Crippen molar-refractivity contribution in [1.29, 1.82) is 0 Å². The zero-order valence-corrected chi connectivity index (χ0v) is 14.1. The van der Waals surface area contributed by atoms with Crippen LogP contribution in [0.3, 0.4) is 0 Å². The van der Waals surface area contributed by atoms with Crippen LogP contribution < -0.4 is 10.2 Å². The molecule has 0 spiro atoms. The van der Waals surface area contributed by atoms with Gasteiger partial charge in [-0.15, -0.1) is 0 Å². The van der Waals surface area contributed by atoms with Crippen molar-refractivity contribution in [2.75, 3.05) is 0 Å². The molecule has 1 heterocycles. The van der Waals surface area contributed by atoms with Gasteiger partial charge in [-0.3, -0.25) is 14.4 Å². The molecule has 0 unspecified atom stereocenters. The molecule has 0 amide bonds. The van der Waals surface area contributed by atoms with Crippen LogP contribution in [0.5, 0.6) is 17.2 Å². The van der Waals surface area contributed by atoms with E-state index in [9.17, 15) is 24.6 Å². The molecule has 0 radical (unpaired) electrons. The lowest BCUT2D eigenvalue weighted by Crippen LogP contribution is -2.09. The summed E-state index contributed by atoms with van der Waals surface area (Å²) in [6.45, 7) is 1.19. The Labute approximate surface area is 151 Å². The third kappa shape index (κ3) is 3.74. The van der Waals surface area contributed by atoms with Gasteiger partial charge in [-0.2, -0.15) is 0 Å². The lowest BCUT2D eigenvalue weighted by molar-refractivity contribution is -0.136. The molecule has 8 nitrogen and oxygen atoms in total. The van der Waals surface area contributed by atoms with Crippen molar-refractivity contribution >= 4 is 22.9 Å². The molecule has 1 aromatic heterocycles. The van der Waals surface area contributed by atoms with Crippen molar-refractivity contribution in [3.05, 3.63) is 52.2 Å². The van der Waals surface area contributed by atoms with Crippen molar-refractivity contribution in [3.63, 3.8) is 0 Å². The molecule has 3 N–H and O–H groups in total. The van der Waals surface area contributed by atoms with E-state index in [1.807, 2.05) is 0 Å². The van der Waals surface area contributed by atoms with E-state index in [0.717, 1.165) is 6.07 Å². The van der Waals surface area contributed by atoms with Crippen LogP contribution in [-0.2, 0) is 16.0 Å². The predicted octanol–water partition coefficient (Wildman–Crippen LogP) is 2.42. The van der Waals surface area contributed by atoms with Gasteiger partial charge in [0.05, 0.1) is 11.8 Å². The van der Waals surface area contributed by atoms with Gasteiger partial charge >= 0.3 is 11.9 Å². The Morgan fingerprint density at radius 1 is 1.07 bits per heavy atom. The van der Waals surface area contributed by atoms with Crippen molar-refractivity contribution in [2.24, 2.45) is 0 Å². The summed E-state index contributed by atoms with van der Waals surface area (Å²) in [7, 11) is 0. The first-order valence-electron chi connectivity index (χ1n) is 7.78. The summed E-state index contributed by atoms with van der Waals surface area (Å²) < 4.78 is 10.7. The average molecular weight is 370 g/mol. The van der Waals surface area contributed by atoms with Crippen LogP contribution in [-0.4, -0.2) is 27.3 Å². The fourth-order valence-electron chi connectivity index (χ4n) is 2.69. The fraction of sp³-hybridized carbons (Fsp3) is 0.105. The van der Waals surface area contributed by atoms with Crippen molar-refractivity contribution in [2.45, 2.75) is 13.3 Å². The fourth-order valence-corrected chi connectivity index (χ4v) is 2.69. The number of hydrogen-bond acceptors (Lipinski definition) is 7. The summed E-state index contributed by atoms with van der Waals surface area (Å²) in [4.78, 5) is 34.9. The molecule has 0 saturated heterocycles. The number of hydrogen-bond donors (Lipinski definition) is 3. The van der Waals surface area contributed by atoms with Gasteiger partial charge in [-0.1, -0.05) is 0 Å². The van der Waals surface area contributed by atoms with Gasteiger partial charge in [0.25, 0.3) is 0 Å². The number of phenols is 2. The third-order valence-corrected chi connectivity index (χ3v) is 3.75. The van der Waals surface area contributed by atoms with Crippen LogP contribution in [0.2, 0.25) is 0 Å². The Bertz CT molecular complexity index is 1130. The normalized spacial score (nSPS) is 10.7. The predicted molar refractivity (Wildman–Crippen MR) is 93.9 cm³/mol. The second kappa shape index (κ2) is 6.83. The Balaban J connectivity index is 2.25. The number of carbonyl (C=O) groups excluding carboxylic acids is 1. The minimum atomic E-state index is -1.16. The maximum atomic E-state index is 12.6. The highest BCUT2D eigenvalue weighted by molar-refractivity contribution is 5.88. The summed E-state index contributed by atoms with van der Waals surface area (Å²) in [6, 6.07) is 7.67. The summed E-state index contributed by atoms with van der Waals surface area (Å²) >= 11 is 0. The highest BCUT2D eigenvalue weighted by atomic mass is 16.5. The van der Waals surface area contributed by atoms with E-state index in [1.54, 1.807) is 0 Å². The first kappa shape index (κ1) is 18.0. The summed E-state index contributed by atoms with van der Waals surface area (Å²) in [5, 5.41) is 28.2. The zero-order chi connectivity index (χ0) is 19.7. The van der Waals surface area contributed by atoms with Crippen LogP contribution in [0.4, 0.5) is 0 Å². The summed E-state index contributed by atoms with van der Waals surface area (Å²) in [6.07, 6.45) is -0.463. The first-order chi connectivity index (χ1) is 12.7. The largest absolute Gasteiger partial charge is 0.504 e. The molecule has 138 valence electrons. The average Bonchev–Trinajstić information content (AvgIpc) is 2.55. The lowest BCUT2D eigenvalue weighted by Gasteiger charge is -2.10. The number of carbonyl (C=O) groups is 2. The maximum absolute atomic E-state index is 12.6. The quantitative estimate of drug-likeness (QED) is 0.362. The minimum absolute atomic E-state index is 0.0278. The standard InChI is InChI=1S/C19H14O8/c1-9(20)26-12-4-11(6-18(24)25)19-15(23)8-16(27-17(19)7-12)10-2-3-13(21)14(22)5-10/h2-5,7-8,21-22H,6H2,1H3,(H,24,25). The van der Waals surface area contributed by atoms with Crippen molar-refractivity contribution in [3.8, 4) is 28.6 Å². The molecule has 0 aliphatic heterocycles. The van der Waals surface area contributed by atoms with Crippen molar-refractivity contribution < 1.29 is 34.1 Å². The van der Waals surface area contributed by atoms with Gasteiger partial charge < -0.3 is 24.5 Å². The Morgan fingerprint density at radius 3 is 2.44 bits per heavy atom. The second-order valence-electron chi connectivity index (χ2n) is 5.80. The molecule has 0 aliphatic rings. The molecule has 0 atom stereocenters. The summed E-state index contributed by atoms with van der Waals surface area (Å²) in [5.74, 6) is -2.37. The smallest absolute Gasteiger partial charge is 0.308 e. The van der Waals surface area contributed by atoms with E-state index in [0.29, 0.717) is 5.56 Å². The van der Waals surface area contributed by atoms with E-state index in [4.69, 9.17) is 14.3 Å². The van der Waals surface area contributed by atoms with E-state index in [1.165, 1.54) is 37.3 Å². The van der Waals surface area contributed by atoms with Crippen LogP contribution in [0, 0.1) is 0 Å². The summed E-state index contributed by atoms with van der Waals surface area (Å²) in [5.41, 5.74) is -0.00316. The van der Waals surface area contributed by atoms with Gasteiger partial charge in [0, 0.05) is 24.6 Å². The van der Waals surface area contributed by atoms with Gasteiger partial charge in [0.2, 0.25) is 0 Å². The molecular weight excluding hydrogens is 356 g/mol. The highest BCUT2D eigenvalue weighted by Crippen LogP contribution is 2.32. The molecule has 2 aromatic carbocycles. The van der Waals surface area contributed by atoms with E-state index in [-0.39, 0.29) is 33.8 Å². The number of phenolic OH excluding ortho intramolecular Hbond substituents is 2. The second-order valence-corrected chi connectivity index (χ2v) is 5.80. The number of esters is 1. The van der Waals surface area contributed by atoms with E-state index in [2.05, 4.69) is 0 Å². The molecule has 0 fully saturated rings. The highest BCUT2D eigenvalue weighted by Gasteiger charge is 2.16. The van der Waals surface area contributed by atoms with Crippen LogP contribution in [0.25, 0.3) is 22.3 Å². The Kier molecular flexibility index (Phi) is 4.55. The number of rotatable bonds is 4.